The molecular weight excluding hydrogens is 355 g/mol. The Morgan fingerprint density at radius 2 is 1.84 bits per heavy atom. The van der Waals surface area contributed by atoms with Gasteiger partial charge in [0.05, 0.1) is 5.56 Å². The van der Waals surface area contributed by atoms with Gasteiger partial charge in [-0.15, -0.1) is 5.10 Å². The van der Waals surface area contributed by atoms with Gasteiger partial charge in [-0.1, -0.05) is 40.9 Å². The van der Waals surface area contributed by atoms with E-state index < -0.39 is 17.8 Å². The molecule has 3 aromatic rings. The lowest BCUT2D eigenvalue weighted by molar-refractivity contribution is -0.137. The van der Waals surface area contributed by atoms with Crippen molar-refractivity contribution >= 4 is 23.3 Å². The summed E-state index contributed by atoms with van der Waals surface area (Å²) in [5, 5.41) is 6.32. The van der Waals surface area contributed by atoms with E-state index in [-0.39, 0.29) is 10.8 Å². The number of anilines is 1. The summed E-state index contributed by atoms with van der Waals surface area (Å²) in [6.07, 6.45) is -5.42. The molecule has 1 aromatic heterocycles. The van der Waals surface area contributed by atoms with Crippen LogP contribution in [0.15, 0.2) is 54.6 Å². The van der Waals surface area contributed by atoms with E-state index in [0.717, 1.165) is 23.7 Å². The summed E-state index contributed by atoms with van der Waals surface area (Å²) in [5.74, 6) is 0. The van der Waals surface area contributed by atoms with Crippen LogP contribution >= 0.6 is 11.5 Å². The van der Waals surface area contributed by atoms with Crippen LogP contribution in [0.3, 0.4) is 0 Å². The number of hydrogen-bond donors (Lipinski definition) is 1. The summed E-state index contributed by atoms with van der Waals surface area (Å²) in [7, 11) is 0. The van der Waals surface area contributed by atoms with Crippen molar-refractivity contribution in [2.45, 2.75) is 6.18 Å². The van der Waals surface area contributed by atoms with Gasteiger partial charge in [-0.05, 0) is 18.2 Å². The van der Waals surface area contributed by atoms with E-state index in [4.69, 9.17) is 4.74 Å². The van der Waals surface area contributed by atoms with Gasteiger partial charge in [0.2, 0.25) is 5.06 Å². The fourth-order valence-electron chi connectivity index (χ4n) is 2.02. The number of amides is 1. The molecule has 128 valence electrons. The predicted molar refractivity (Wildman–Crippen MR) is 86.4 cm³/mol. The molecule has 0 radical (unpaired) electrons. The Kier molecular flexibility index (Phi) is 4.66. The molecule has 0 spiro atoms. The monoisotopic (exact) mass is 365 g/mol. The Morgan fingerprint density at radius 1 is 1.08 bits per heavy atom. The fraction of sp³-hybridized carbons (Fsp3) is 0.0625. The fourth-order valence-corrected chi connectivity index (χ4v) is 2.58. The molecule has 0 atom stereocenters. The number of carbonyl (C=O) groups is 1. The molecule has 0 saturated carbocycles. The summed E-state index contributed by atoms with van der Waals surface area (Å²) in [4.78, 5) is 12.0. The van der Waals surface area contributed by atoms with Crippen LogP contribution in [0.4, 0.5) is 23.7 Å². The van der Waals surface area contributed by atoms with Crippen LogP contribution in [-0.2, 0) is 6.18 Å². The molecule has 25 heavy (non-hydrogen) atoms. The number of benzene rings is 2. The van der Waals surface area contributed by atoms with Crippen LogP contribution in [0, 0.1) is 0 Å². The van der Waals surface area contributed by atoms with Crippen molar-refractivity contribution < 1.29 is 22.7 Å². The van der Waals surface area contributed by atoms with Crippen molar-refractivity contribution in [1.82, 2.24) is 9.59 Å². The number of aromatic nitrogens is 2. The molecule has 5 nitrogen and oxygen atoms in total. The lowest BCUT2D eigenvalue weighted by atomic mass is 10.2. The third-order valence-corrected chi connectivity index (χ3v) is 3.73. The van der Waals surface area contributed by atoms with Crippen LogP contribution < -0.4 is 10.1 Å². The zero-order valence-electron chi connectivity index (χ0n) is 12.4. The van der Waals surface area contributed by atoms with E-state index in [1.165, 1.54) is 12.1 Å². The average molecular weight is 365 g/mol. The number of halogens is 3. The molecule has 0 aliphatic carbocycles. The molecule has 9 heteroatoms. The summed E-state index contributed by atoms with van der Waals surface area (Å²) >= 11 is 0.867. The van der Waals surface area contributed by atoms with Gasteiger partial charge in [0, 0.05) is 22.8 Å². The van der Waals surface area contributed by atoms with Gasteiger partial charge in [-0.2, -0.15) is 13.2 Å². The van der Waals surface area contributed by atoms with Crippen LogP contribution in [0.5, 0.6) is 5.06 Å². The highest BCUT2D eigenvalue weighted by Crippen LogP contribution is 2.32. The first-order valence-corrected chi connectivity index (χ1v) is 7.75. The number of rotatable bonds is 3. The van der Waals surface area contributed by atoms with Gasteiger partial charge in [0.15, 0.2) is 0 Å². The molecule has 1 heterocycles. The number of nitrogens with one attached hydrogen (secondary N) is 1. The third-order valence-electron chi connectivity index (χ3n) is 3.13. The van der Waals surface area contributed by atoms with Gasteiger partial charge in [0.25, 0.3) is 0 Å². The second kappa shape index (κ2) is 6.89. The first-order valence-electron chi connectivity index (χ1n) is 6.97. The molecule has 0 bridgehead atoms. The third kappa shape index (κ3) is 4.13. The smallest absolute Gasteiger partial charge is 0.395 e. The van der Waals surface area contributed by atoms with Crippen molar-refractivity contribution in [3.63, 3.8) is 0 Å². The van der Waals surface area contributed by atoms with E-state index in [9.17, 15) is 18.0 Å². The summed E-state index contributed by atoms with van der Waals surface area (Å²) in [5.41, 5.74) is 0.191. The van der Waals surface area contributed by atoms with E-state index in [1.54, 1.807) is 24.3 Å². The van der Waals surface area contributed by atoms with Crippen molar-refractivity contribution in [2.75, 3.05) is 5.32 Å². The van der Waals surface area contributed by atoms with Gasteiger partial charge in [0.1, 0.15) is 5.69 Å². The van der Waals surface area contributed by atoms with E-state index in [0.29, 0.717) is 11.3 Å². The molecule has 2 aromatic carbocycles. The normalized spacial score (nSPS) is 11.2. The molecule has 1 amide bonds. The summed E-state index contributed by atoms with van der Waals surface area (Å²) < 4.78 is 47.0. The molecule has 3 rings (SSSR count). The van der Waals surface area contributed by atoms with Crippen molar-refractivity contribution in [3.05, 3.63) is 60.2 Å². The van der Waals surface area contributed by atoms with Crippen LogP contribution in [0.1, 0.15) is 5.56 Å². The molecule has 0 unspecified atom stereocenters. The number of hydrogen-bond acceptors (Lipinski definition) is 5. The Balaban J connectivity index is 1.73. The van der Waals surface area contributed by atoms with E-state index in [2.05, 4.69) is 14.9 Å². The van der Waals surface area contributed by atoms with Gasteiger partial charge in [-0.25, -0.2) is 4.79 Å². The second-order valence-corrected chi connectivity index (χ2v) is 5.58. The summed E-state index contributed by atoms with van der Waals surface area (Å²) in [6, 6.07) is 13.2. The second-order valence-electron chi connectivity index (χ2n) is 4.87. The SMILES string of the molecule is O=C(Nc1cccc(C(F)(F)F)c1)Oc1snnc1-c1ccccc1. The Morgan fingerprint density at radius 3 is 2.56 bits per heavy atom. The molecule has 0 aliphatic rings. The first-order chi connectivity index (χ1) is 11.9. The van der Waals surface area contributed by atoms with Crippen molar-refractivity contribution in [2.24, 2.45) is 0 Å². The highest BCUT2D eigenvalue weighted by molar-refractivity contribution is 7.08. The maximum atomic E-state index is 12.7. The highest BCUT2D eigenvalue weighted by Gasteiger charge is 2.30. The number of ether oxygens (including phenoxy) is 1. The van der Waals surface area contributed by atoms with Gasteiger partial charge >= 0.3 is 12.3 Å². The lowest BCUT2D eigenvalue weighted by Gasteiger charge is -2.09. The Hall–Kier alpha value is -2.94. The van der Waals surface area contributed by atoms with Crippen LogP contribution in [-0.4, -0.2) is 15.7 Å². The maximum absolute atomic E-state index is 12.7. The highest BCUT2D eigenvalue weighted by atomic mass is 32.1. The molecular formula is C16H10F3N3O2S. The molecule has 1 N–H and O–H groups in total. The Bertz CT molecular complexity index is 882. The molecule has 0 saturated heterocycles. The maximum Gasteiger partial charge on any atom is 0.418 e. The van der Waals surface area contributed by atoms with Gasteiger partial charge in [-0.3, -0.25) is 5.32 Å². The number of nitrogens with zero attached hydrogens (tertiary/aromatic N) is 2. The Labute approximate surface area is 144 Å². The summed E-state index contributed by atoms with van der Waals surface area (Å²) in [6.45, 7) is 0. The standard InChI is InChI=1S/C16H10F3N3O2S/c17-16(18,19)11-7-4-8-12(9-11)20-15(23)24-14-13(21-22-25-14)10-5-2-1-3-6-10/h1-9H,(H,20,23). The lowest BCUT2D eigenvalue weighted by Crippen LogP contribution is -2.17. The minimum atomic E-state index is -4.50. The topological polar surface area (TPSA) is 64.1 Å². The minimum Gasteiger partial charge on any atom is -0.395 e. The van der Waals surface area contributed by atoms with E-state index in [1.807, 2.05) is 6.07 Å². The average Bonchev–Trinajstić information content (AvgIpc) is 3.03. The molecule has 0 aliphatic heterocycles. The minimum absolute atomic E-state index is 0.0291. The molecule has 0 fully saturated rings. The van der Waals surface area contributed by atoms with Crippen LogP contribution in [0.25, 0.3) is 11.3 Å². The predicted octanol–water partition coefficient (Wildman–Crippen LogP) is 4.83. The number of carbonyl (C=O) groups excluding carboxylic acids is 1. The van der Waals surface area contributed by atoms with E-state index >= 15 is 0 Å². The van der Waals surface area contributed by atoms with Crippen LogP contribution in [0.2, 0.25) is 0 Å². The quantitative estimate of drug-likeness (QED) is 0.722. The first kappa shape index (κ1) is 16.9. The largest absolute Gasteiger partial charge is 0.418 e. The van der Waals surface area contributed by atoms with Gasteiger partial charge < -0.3 is 4.74 Å². The zero-order valence-corrected chi connectivity index (χ0v) is 13.3. The zero-order chi connectivity index (χ0) is 17.9. The van der Waals surface area contributed by atoms with Crippen molar-refractivity contribution in [3.8, 4) is 16.3 Å². The number of alkyl halides is 3. The van der Waals surface area contributed by atoms with Crippen molar-refractivity contribution in [1.29, 1.82) is 0 Å².